The number of nitrogens with zero attached hydrogens (tertiary/aromatic N) is 2. The van der Waals surface area contributed by atoms with E-state index in [0.717, 1.165) is 11.3 Å². The van der Waals surface area contributed by atoms with Crippen LogP contribution in [0, 0.1) is 5.82 Å². The van der Waals surface area contributed by atoms with Crippen LogP contribution in [0.15, 0.2) is 22.7 Å². The van der Waals surface area contributed by atoms with E-state index in [4.69, 9.17) is 0 Å². The Kier molecular flexibility index (Phi) is 4.43. The predicted octanol–water partition coefficient (Wildman–Crippen LogP) is 3.12. The molecule has 1 aromatic heterocycles. The van der Waals surface area contributed by atoms with E-state index in [9.17, 15) is 9.18 Å². The summed E-state index contributed by atoms with van der Waals surface area (Å²) in [4.78, 5) is 11.9. The molecule has 0 saturated heterocycles. The number of amides is 1. The van der Waals surface area contributed by atoms with Crippen molar-refractivity contribution in [3.05, 3.63) is 33.5 Å². The number of rotatable bonds is 4. The lowest BCUT2D eigenvalue weighted by atomic mass is 10.3. The van der Waals surface area contributed by atoms with E-state index in [1.54, 1.807) is 0 Å². The molecule has 1 heterocycles. The largest absolute Gasteiger partial charge is 0.360 e. The van der Waals surface area contributed by atoms with Gasteiger partial charge in [-0.1, -0.05) is 11.3 Å². The minimum absolute atomic E-state index is 0.243. The molecule has 0 spiro atoms. The van der Waals surface area contributed by atoms with Crippen molar-refractivity contribution in [3.63, 3.8) is 0 Å². The second-order valence-corrected chi connectivity index (χ2v) is 5.35. The zero-order chi connectivity index (χ0) is 13.8. The molecule has 1 amide bonds. The summed E-state index contributed by atoms with van der Waals surface area (Å²) in [6, 6.07) is 4.02. The van der Waals surface area contributed by atoms with Crippen LogP contribution in [-0.2, 0) is 0 Å². The average Bonchev–Trinajstić information content (AvgIpc) is 2.82. The number of hydrogen-bond acceptors (Lipinski definition) is 5. The molecular formula is C11H10BrFN4OS. The van der Waals surface area contributed by atoms with Crippen LogP contribution in [0.1, 0.15) is 16.7 Å². The number of halogens is 2. The molecule has 5 nitrogen and oxygen atoms in total. The summed E-state index contributed by atoms with van der Waals surface area (Å²) in [6.45, 7) is 2.64. The third-order valence-corrected chi connectivity index (χ3v) is 3.66. The summed E-state index contributed by atoms with van der Waals surface area (Å²) in [5.74, 6) is -0.760. The summed E-state index contributed by atoms with van der Waals surface area (Å²) in [5, 5.41) is 14.1. The number of benzene rings is 1. The van der Waals surface area contributed by atoms with Crippen LogP contribution in [0.4, 0.5) is 15.2 Å². The third kappa shape index (κ3) is 3.48. The topological polar surface area (TPSA) is 66.9 Å². The van der Waals surface area contributed by atoms with Crippen molar-refractivity contribution in [2.75, 3.05) is 17.2 Å². The SMILES string of the molecule is CCNc1nnc(C(=O)Nc2ccc(F)cc2Br)s1. The van der Waals surface area contributed by atoms with Gasteiger partial charge >= 0.3 is 0 Å². The Morgan fingerprint density at radius 2 is 2.26 bits per heavy atom. The summed E-state index contributed by atoms with van der Waals surface area (Å²) in [5.41, 5.74) is 0.478. The molecule has 0 aliphatic heterocycles. The molecule has 0 bridgehead atoms. The summed E-state index contributed by atoms with van der Waals surface area (Å²) >= 11 is 4.34. The highest BCUT2D eigenvalue weighted by atomic mass is 79.9. The Bertz CT molecular complexity index is 604. The van der Waals surface area contributed by atoms with Gasteiger partial charge < -0.3 is 10.6 Å². The lowest BCUT2D eigenvalue weighted by molar-refractivity contribution is 0.102. The van der Waals surface area contributed by atoms with Crippen LogP contribution in [0.25, 0.3) is 0 Å². The Balaban J connectivity index is 2.11. The lowest BCUT2D eigenvalue weighted by Crippen LogP contribution is -2.12. The Morgan fingerprint density at radius 1 is 1.47 bits per heavy atom. The van der Waals surface area contributed by atoms with E-state index in [-0.39, 0.29) is 16.7 Å². The van der Waals surface area contributed by atoms with Gasteiger partial charge in [0.05, 0.1) is 5.69 Å². The highest BCUT2D eigenvalue weighted by Gasteiger charge is 2.14. The number of nitrogens with one attached hydrogen (secondary N) is 2. The standard InChI is InChI=1S/C11H10BrFN4OS/c1-2-14-11-17-16-10(19-11)9(18)15-8-4-3-6(13)5-7(8)12/h3-5H,2H2,1H3,(H,14,17)(H,15,18). The van der Waals surface area contributed by atoms with Gasteiger partial charge in [-0.3, -0.25) is 4.79 Å². The maximum absolute atomic E-state index is 12.9. The number of aromatic nitrogens is 2. The van der Waals surface area contributed by atoms with Crippen LogP contribution in [-0.4, -0.2) is 22.6 Å². The monoisotopic (exact) mass is 344 g/mol. The van der Waals surface area contributed by atoms with Gasteiger partial charge in [0.25, 0.3) is 5.91 Å². The quantitative estimate of drug-likeness (QED) is 0.894. The predicted molar refractivity (Wildman–Crippen MR) is 76.1 cm³/mol. The molecule has 19 heavy (non-hydrogen) atoms. The van der Waals surface area contributed by atoms with Crippen molar-refractivity contribution in [3.8, 4) is 0 Å². The zero-order valence-electron chi connectivity index (χ0n) is 9.91. The van der Waals surface area contributed by atoms with E-state index in [1.165, 1.54) is 18.2 Å². The Labute approximate surface area is 121 Å². The third-order valence-electron chi connectivity index (χ3n) is 2.13. The molecule has 2 aromatic rings. The molecule has 0 atom stereocenters. The van der Waals surface area contributed by atoms with Crippen molar-refractivity contribution in [1.29, 1.82) is 0 Å². The molecule has 2 rings (SSSR count). The molecule has 0 aliphatic carbocycles. The smallest absolute Gasteiger partial charge is 0.286 e. The first kappa shape index (κ1) is 13.9. The normalized spacial score (nSPS) is 10.3. The molecule has 100 valence electrons. The van der Waals surface area contributed by atoms with Crippen molar-refractivity contribution in [2.24, 2.45) is 0 Å². The molecule has 8 heteroatoms. The highest BCUT2D eigenvalue weighted by Crippen LogP contribution is 2.24. The zero-order valence-corrected chi connectivity index (χ0v) is 12.3. The fourth-order valence-corrected chi connectivity index (χ4v) is 2.46. The minimum atomic E-state index is -0.381. The summed E-state index contributed by atoms with van der Waals surface area (Å²) in [6.07, 6.45) is 0. The fourth-order valence-electron chi connectivity index (χ4n) is 1.30. The Hall–Kier alpha value is -1.54. The minimum Gasteiger partial charge on any atom is -0.360 e. The molecule has 1 aromatic carbocycles. The molecule has 0 radical (unpaired) electrons. The van der Waals surface area contributed by atoms with Crippen molar-refractivity contribution >= 4 is 44.0 Å². The van der Waals surface area contributed by atoms with Gasteiger partial charge in [0, 0.05) is 11.0 Å². The van der Waals surface area contributed by atoms with Gasteiger partial charge in [-0.05, 0) is 41.1 Å². The van der Waals surface area contributed by atoms with Gasteiger partial charge in [-0.15, -0.1) is 10.2 Å². The van der Waals surface area contributed by atoms with Crippen LogP contribution in [0.3, 0.4) is 0 Å². The Morgan fingerprint density at radius 3 is 2.95 bits per heavy atom. The molecule has 0 unspecified atom stereocenters. The van der Waals surface area contributed by atoms with Crippen molar-refractivity contribution in [2.45, 2.75) is 6.92 Å². The average molecular weight is 345 g/mol. The molecular weight excluding hydrogens is 335 g/mol. The van der Waals surface area contributed by atoms with Gasteiger partial charge in [-0.25, -0.2) is 4.39 Å². The maximum Gasteiger partial charge on any atom is 0.286 e. The molecule has 0 saturated carbocycles. The highest BCUT2D eigenvalue weighted by molar-refractivity contribution is 9.10. The van der Waals surface area contributed by atoms with Gasteiger partial charge in [0.1, 0.15) is 5.82 Å². The van der Waals surface area contributed by atoms with E-state index in [0.29, 0.717) is 21.8 Å². The number of carbonyl (C=O) groups is 1. The van der Waals surface area contributed by atoms with E-state index >= 15 is 0 Å². The van der Waals surface area contributed by atoms with Crippen molar-refractivity contribution < 1.29 is 9.18 Å². The number of anilines is 2. The second-order valence-electron chi connectivity index (χ2n) is 3.52. The molecule has 0 aliphatic rings. The number of hydrogen-bond donors (Lipinski definition) is 2. The van der Waals surface area contributed by atoms with Crippen LogP contribution in [0.2, 0.25) is 0 Å². The first-order valence-corrected chi connectivity index (χ1v) is 7.05. The lowest BCUT2D eigenvalue weighted by Gasteiger charge is -2.04. The van der Waals surface area contributed by atoms with Gasteiger partial charge in [-0.2, -0.15) is 0 Å². The maximum atomic E-state index is 12.9. The van der Waals surface area contributed by atoms with E-state index in [1.807, 2.05) is 6.92 Å². The van der Waals surface area contributed by atoms with E-state index < -0.39 is 0 Å². The van der Waals surface area contributed by atoms with Crippen LogP contribution in [0.5, 0.6) is 0 Å². The first-order chi connectivity index (χ1) is 9.10. The summed E-state index contributed by atoms with van der Waals surface area (Å²) in [7, 11) is 0. The first-order valence-electron chi connectivity index (χ1n) is 5.44. The van der Waals surface area contributed by atoms with Crippen molar-refractivity contribution in [1.82, 2.24) is 10.2 Å². The van der Waals surface area contributed by atoms with Crippen LogP contribution >= 0.6 is 27.3 Å². The molecule has 0 fully saturated rings. The van der Waals surface area contributed by atoms with Gasteiger partial charge in [0.2, 0.25) is 10.1 Å². The fraction of sp³-hybridized carbons (Fsp3) is 0.182. The number of carbonyl (C=O) groups excluding carboxylic acids is 1. The van der Waals surface area contributed by atoms with E-state index in [2.05, 4.69) is 36.8 Å². The molecule has 2 N–H and O–H groups in total. The van der Waals surface area contributed by atoms with Gasteiger partial charge in [0.15, 0.2) is 0 Å². The second kappa shape index (κ2) is 6.07. The van der Waals surface area contributed by atoms with Crippen LogP contribution < -0.4 is 10.6 Å². The summed E-state index contributed by atoms with van der Waals surface area (Å²) < 4.78 is 13.4.